The zero-order valence-corrected chi connectivity index (χ0v) is 15.8. The van der Waals surface area contributed by atoms with Crippen LogP contribution in [0.25, 0.3) is 0 Å². The van der Waals surface area contributed by atoms with Gasteiger partial charge in [0, 0.05) is 13.0 Å². The molecule has 24 heavy (non-hydrogen) atoms. The fourth-order valence-corrected chi connectivity index (χ4v) is 5.27. The van der Waals surface area contributed by atoms with Crippen LogP contribution in [0.15, 0.2) is 46.0 Å². The van der Waals surface area contributed by atoms with E-state index in [1.807, 2.05) is 45.0 Å². The first-order valence-electron chi connectivity index (χ1n) is 7.91. The van der Waals surface area contributed by atoms with E-state index in [9.17, 15) is 13.2 Å². The summed E-state index contributed by atoms with van der Waals surface area (Å²) < 4.78 is 26.3. The molecule has 1 aromatic carbocycles. The van der Waals surface area contributed by atoms with Crippen LogP contribution in [0.5, 0.6) is 0 Å². The van der Waals surface area contributed by atoms with Crippen molar-refractivity contribution in [2.75, 3.05) is 6.54 Å². The maximum Gasteiger partial charge on any atom is 0.220 e. The van der Waals surface area contributed by atoms with Crippen molar-refractivity contribution in [3.05, 3.63) is 52.9 Å². The molecule has 0 aliphatic rings. The molecule has 6 heteroatoms. The third-order valence-corrected chi connectivity index (χ3v) is 7.21. The molecular weight excluding hydrogens is 342 g/mol. The highest BCUT2D eigenvalue weighted by Crippen LogP contribution is 2.31. The molecule has 1 N–H and O–H groups in total. The number of amides is 1. The number of nitrogens with one attached hydrogen (secondary N) is 1. The van der Waals surface area contributed by atoms with E-state index in [1.54, 1.807) is 17.5 Å². The van der Waals surface area contributed by atoms with E-state index in [0.29, 0.717) is 16.2 Å². The normalized spacial score (nSPS) is 13.0. The highest BCUT2D eigenvalue weighted by Gasteiger charge is 2.30. The minimum absolute atomic E-state index is 0.0782. The van der Waals surface area contributed by atoms with E-state index in [0.717, 1.165) is 5.56 Å². The zero-order valence-electron chi connectivity index (χ0n) is 14.2. The summed E-state index contributed by atoms with van der Waals surface area (Å²) in [6.45, 7) is 5.95. The third kappa shape index (κ3) is 4.68. The molecule has 1 atom stereocenters. The molecule has 0 fully saturated rings. The molecule has 0 saturated heterocycles. The largest absolute Gasteiger partial charge is 0.354 e. The maximum absolute atomic E-state index is 13.0. The number of sulfone groups is 1. The van der Waals surface area contributed by atoms with Crippen LogP contribution >= 0.6 is 11.3 Å². The number of rotatable bonds is 7. The molecule has 0 aliphatic heterocycles. The van der Waals surface area contributed by atoms with Gasteiger partial charge in [-0.3, -0.25) is 4.79 Å². The molecule has 0 bridgehead atoms. The minimum Gasteiger partial charge on any atom is -0.354 e. The van der Waals surface area contributed by atoms with Crippen molar-refractivity contribution >= 4 is 27.1 Å². The molecule has 1 heterocycles. The third-order valence-electron chi connectivity index (χ3n) is 3.68. The monoisotopic (exact) mass is 365 g/mol. The lowest BCUT2D eigenvalue weighted by atomic mass is 10.1. The summed E-state index contributed by atoms with van der Waals surface area (Å²) in [6, 6.07) is 10.8. The van der Waals surface area contributed by atoms with Crippen LogP contribution in [0.2, 0.25) is 0 Å². The van der Waals surface area contributed by atoms with Gasteiger partial charge in [-0.25, -0.2) is 8.42 Å². The Morgan fingerprint density at radius 3 is 2.38 bits per heavy atom. The Morgan fingerprint density at radius 1 is 1.17 bits per heavy atom. The highest BCUT2D eigenvalue weighted by atomic mass is 32.2. The first-order chi connectivity index (χ1) is 11.3. The van der Waals surface area contributed by atoms with Crippen molar-refractivity contribution in [1.82, 2.24) is 5.32 Å². The average molecular weight is 366 g/mol. The van der Waals surface area contributed by atoms with E-state index in [-0.39, 0.29) is 18.4 Å². The van der Waals surface area contributed by atoms with Gasteiger partial charge >= 0.3 is 0 Å². The molecule has 1 amide bonds. The van der Waals surface area contributed by atoms with Crippen LogP contribution in [0.3, 0.4) is 0 Å². The lowest BCUT2D eigenvalue weighted by Gasteiger charge is -2.18. The second-order valence-corrected chi connectivity index (χ2v) is 9.58. The average Bonchev–Trinajstić information content (AvgIpc) is 3.03. The van der Waals surface area contributed by atoms with Gasteiger partial charge in [0.15, 0.2) is 9.84 Å². The summed E-state index contributed by atoms with van der Waals surface area (Å²) in [5.74, 6) is 0.111. The van der Waals surface area contributed by atoms with Crippen LogP contribution in [0.4, 0.5) is 0 Å². The quantitative estimate of drug-likeness (QED) is 0.813. The SMILES string of the molecule is Cc1ccc([C@@H](CNC(=O)CC(C)C)S(=O)(=O)c2cccs2)cc1. The molecule has 2 aromatic rings. The topological polar surface area (TPSA) is 63.2 Å². The number of hydrogen-bond acceptors (Lipinski definition) is 4. The van der Waals surface area contributed by atoms with Gasteiger partial charge in [-0.05, 0) is 29.9 Å². The van der Waals surface area contributed by atoms with Crippen molar-refractivity contribution in [2.24, 2.45) is 5.92 Å². The van der Waals surface area contributed by atoms with Gasteiger partial charge in [0.2, 0.25) is 5.91 Å². The van der Waals surface area contributed by atoms with E-state index < -0.39 is 15.1 Å². The molecule has 1 aromatic heterocycles. The Morgan fingerprint density at radius 2 is 1.83 bits per heavy atom. The van der Waals surface area contributed by atoms with Gasteiger partial charge in [-0.2, -0.15) is 0 Å². The summed E-state index contributed by atoms with van der Waals surface area (Å²) in [7, 11) is -3.54. The number of thiophene rings is 1. The molecule has 0 saturated carbocycles. The van der Waals surface area contributed by atoms with Gasteiger partial charge in [0.1, 0.15) is 9.46 Å². The summed E-state index contributed by atoms with van der Waals surface area (Å²) in [5.41, 5.74) is 1.76. The predicted molar refractivity (Wildman–Crippen MR) is 97.9 cm³/mol. The number of carbonyl (C=O) groups excluding carboxylic acids is 1. The molecule has 2 rings (SSSR count). The van der Waals surface area contributed by atoms with Crippen LogP contribution in [0, 0.1) is 12.8 Å². The standard InChI is InChI=1S/C18H23NO3S2/c1-13(2)11-17(20)19-12-16(15-8-6-14(3)7-9-15)24(21,22)18-5-4-10-23-18/h4-10,13,16H,11-12H2,1-3H3,(H,19,20)/t16-/m1/s1. The van der Waals surface area contributed by atoms with E-state index in [2.05, 4.69) is 5.32 Å². The lowest BCUT2D eigenvalue weighted by Crippen LogP contribution is -2.32. The van der Waals surface area contributed by atoms with E-state index >= 15 is 0 Å². The van der Waals surface area contributed by atoms with Gasteiger partial charge in [-0.15, -0.1) is 11.3 Å². The van der Waals surface area contributed by atoms with E-state index in [4.69, 9.17) is 0 Å². The number of carbonyl (C=O) groups is 1. The minimum atomic E-state index is -3.54. The smallest absolute Gasteiger partial charge is 0.220 e. The highest BCUT2D eigenvalue weighted by molar-refractivity contribution is 7.93. The molecule has 0 radical (unpaired) electrons. The molecule has 130 valence electrons. The van der Waals surface area contributed by atoms with Gasteiger partial charge in [-0.1, -0.05) is 49.7 Å². The van der Waals surface area contributed by atoms with Gasteiger partial charge < -0.3 is 5.32 Å². The first-order valence-corrected chi connectivity index (χ1v) is 10.3. The second kappa shape index (κ2) is 7.94. The van der Waals surface area contributed by atoms with Crippen LogP contribution in [0.1, 0.15) is 36.6 Å². The van der Waals surface area contributed by atoms with Crippen molar-refractivity contribution < 1.29 is 13.2 Å². The van der Waals surface area contributed by atoms with Crippen molar-refractivity contribution in [2.45, 2.75) is 36.7 Å². The van der Waals surface area contributed by atoms with Crippen LogP contribution < -0.4 is 5.32 Å². The number of hydrogen-bond donors (Lipinski definition) is 1. The van der Waals surface area contributed by atoms with Crippen LogP contribution in [-0.2, 0) is 14.6 Å². The molecule has 0 unspecified atom stereocenters. The van der Waals surface area contributed by atoms with Crippen molar-refractivity contribution in [3.63, 3.8) is 0 Å². The van der Waals surface area contributed by atoms with Gasteiger partial charge in [0.05, 0.1) is 0 Å². The number of benzene rings is 1. The van der Waals surface area contributed by atoms with Crippen molar-refractivity contribution in [3.8, 4) is 0 Å². The van der Waals surface area contributed by atoms with Gasteiger partial charge in [0.25, 0.3) is 0 Å². The molecular formula is C18H23NO3S2. The Hall–Kier alpha value is -1.66. The number of aryl methyl sites for hydroxylation is 1. The van der Waals surface area contributed by atoms with Crippen molar-refractivity contribution in [1.29, 1.82) is 0 Å². The lowest BCUT2D eigenvalue weighted by molar-refractivity contribution is -0.121. The fraction of sp³-hybridized carbons (Fsp3) is 0.389. The summed E-state index contributed by atoms with van der Waals surface area (Å²) in [4.78, 5) is 12.0. The Bertz CT molecular complexity index is 763. The zero-order chi connectivity index (χ0) is 17.7. The Kier molecular flexibility index (Phi) is 6.18. The summed E-state index contributed by atoms with van der Waals surface area (Å²) >= 11 is 1.20. The molecule has 0 aliphatic carbocycles. The second-order valence-electron chi connectivity index (χ2n) is 6.28. The van der Waals surface area contributed by atoms with E-state index in [1.165, 1.54) is 11.3 Å². The summed E-state index contributed by atoms with van der Waals surface area (Å²) in [6.07, 6.45) is 0.389. The van der Waals surface area contributed by atoms with Crippen LogP contribution in [-0.4, -0.2) is 20.9 Å². The Balaban J connectivity index is 2.28. The molecule has 0 spiro atoms. The Labute approximate surface area is 147 Å². The first kappa shape index (κ1) is 18.7. The molecule has 4 nitrogen and oxygen atoms in total. The summed E-state index contributed by atoms with van der Waals surface area (Å²) in [5, 5.41) is 3.74. The predicted octanol–water partition coefficient (Wildman–Crippen LogP) is 3.73. The fourth-order valence-electron chi connectivity index (χ4n) is 2.40. The maximum atomic E-state index is 13.0.